The molecule has 0 aromatic heterocycles. The van der Waals surface area contributed by atoms with E-state index in [1.165, 1.54) is 37.5 Å². The second-order valence-corrected chi connectivity index (χ2v) is 9.98. The van der Waals surface area contributed by atoms with Crippen molar-refractivity contribution in [3.05, 3.63) is 86.9 Å². The third-order valence-electron chi connectivity index (χ3n) is 5.97. The molecule has 0 bridgehead atoms. The molecule has 1 aliphatic heterocycles. The lowest BCUT2D eigenvalue weighted by atomic mass is 10.1. The highest BCUT2D eigenvalue weighted by molar-refractivity contribution is 14.1. The van der Waals surface area contributed by atoms with E-state index in [4.69, 9.17) is 9.47 Å². The zero-order chi connectivity index (χ0) is 29.5. The van der Waals surface area contributed by atoms with E-state index in [0.717, 1.165) is 10.5 Å². The van der Waals surface area contributed by atoms with Crippen LogP contribution in [-0.2, 0) is 20.8 Å². The number of nitrogens with one attached hydrogen (secondary N) is 3. The van der Waals surface area contributed by atoms with Crippen molar-refractivity contribution >= 4 is 63.8 Å². The van der Waals surface area contributed by atoms with Gasteiger partial charge in [0.15, 0.2) is 18.1 Å². The fourth-order valence-electron chi connectivity index (χ4n) is 4.00. The molecule has 1 fully saturated rings. The van der Waals surface area contributed by atoms with Gasteiger partial charge in [-0.1, -0.05) is 25.1 Å². The second-order valence-electron chi connectivity index (χ2n) is 8.82. The van der Waals surface area contributed by atoms with E-state index in [-0.39, 0.29) is 12.3 Å². The summed E-state index contributed by atoms with van der Waals surface area (Å²) >= 11 is 2.00. The number of carbonyl (C=O) groups excluding carboxylic acids is 4. The Hall–Kier alpha value is -4.46. The van der Waals surface area contributed by atoms with Gasteiger partial charge in [0.1, 0.15) is 18.1 Å². The fraction of sp³-hybridized carbons (Fsp3) is 0.172. The van der Waals surface area contributed by atoms with Crippen molar-refractivity contribution in [2.75, 3.05) is 30.9 Å². The summed E-state index contributed by atoms with van der Waals surface area (Å²) in [5.41, 5.74) is 2.48. The van der Waals surface area contributed by atoms with Crippen LogP contribution in [0.4, 0.5) is 20.6 Å². The van der Waals surface area contributed by atoms with Crippen molar-refractivity contribution in [2.24, 2.45) is 0 Å². The number of carbonyl (C=O) groups is 4. The Labute approximate surface area is 249 Å². The molecule has 0 saturated carbocycles. The summed E-state index contributed by atoms with van der Waals surface area (Å²) in [6, 6.07) is 15.2. The maximum Gasteiger partial charge on any atom is 0.329 e. The number of halogens is 2. The van der Waals surface area contributed by atoms with Gasteiger partial charge in [0.05, 0.1) is 10.7 Å². The second kappa shape index (κ2) is 13.3. The maximum absolute atomic E-state index is 13.1. The van der Waals surface area contributed by atoms with Crippen LogP contribution in [0, 0.1) is 9.39 Å². The predicted molar refractivity (Wildman–Crippen MR) is 159 cm³/mol. The molecule has 3 N–H and O–H groups in total. The molecule has 3 aromatic rings. The monoisotopic (exact) mass is 672 g/mol. The highest BCUT2D eigenvalue weighted by atomic mass is 127. The highest BCUT2D eigenvalue weighted by Crippen LogP contribution is 2.35. The van der Waals surface area contributed by atoms with Gasteiger partial charge in [-0.2, -0.15) is 0 Å². The van der Waals surface area contributed by atoms with Crippen molar-refractivity contribution in [3.8, 4) is 11.5 Å². The predicted octanol–water partition coefficient (Wildman–Crippen LogP) is 4.55. The number of hydrogen-bond donors (Lipinski definition) is 3. The van der Waals surface area contributed by atoms with Crippen molar-refractivity contribution < 1.29 is 33.0 Å². The Balaban J connectivity index is 1.42. The number of anilines is 2. The molecule has 10 nitrogen and oxygen atoms in total. The topological polar surface area (TPSA) is 126 Å². The lowest BCUT2D eigenvalue weighted by Crippen LogP contribution is -2.38. The van der Waals surface area contributed by atoms with Crippen LogP contribution < -0.4 is 25.4 Å². The number of rotatable bonds is 10. The molecule has 212 valence electrons. The van der Waals surface area contributed by atoms with Gasteiger partial charge >= 0.3 is 6.03 Å². The van der Waals surface area contributed by atoms with Gasteiger partial charge in [-0.05, 0) is 88.7 Å². The third kappa shape index (κ3) is 7.39. The molecular formula is C29H26FIN4O6. The number of ether oxygens (including phenoxy) is 2. The Morgan fingerprint density at radius 3 is 2.49 bits per heavy atom. The lowest BCUT2D eigenvalue weighted by molar-refractivity contribution is -0.127. The Morgan fingerprint density at radius 2 is 1.78 bits per heavy atom. The number of amides is 5. The smallest absolute Gasteiger partial charge is 0.329 e. The summed E-state index contributed by atoms with van der Waals surface area (Å²) in [6.45, 7) is 1.17. The van der Waals surface area contributed by atoms with E-state index < -0.39 is 36.1 Å². The summed E-state index contributed by atoms with van der Waals surface area (Å²) in [7, 11) is 1.42. The van der Waals surface area contributed by atoms with Gasteiger partial charge < -0.3 is 25.4 Å². The zero-order valence-electron chi connectivity index (χ0n) is 22.1. The molecule has 1 heterocycles. The summed E-state index contributed by atoms with van der Waals surface area (Å²) in [6.07, 6.45) is 2.17. The first kappa shape index (κ1) is 29.5. The number of urea groups is 1. The first-order valence-electron chi connectivity index (χ1n) is 12.5. The molecular weight excluding hydrogens is 646 g/mol. The van der Waals surface area contributed by atoms with Crippen LogP contribution in [0.1, 0.15) is 18.1 Å². The van der Waals surface area contributed by atoms with Crippen LogP contribution in [0.5, 0.6) is 11.5 Å². The number of nitrogens with zero attached hydrogens (tertiary/aromatic N) is 1. The highest BCUT2D eigenvalue weighted by Gasteiger charge is 2.35. The molecule has 41 heavy (non-hydrogen) atoms. The zero-order valence-corrected chi connectivity index (χ0v) is 24.3. The average molecular weight is 672 g/mol. The molecule has 0 unspecified atom stereocenters. The number of imide groups is 1. The van der Waals surface area contributed by atoms with Crippen LogP contribution >= 0.6 is 22.6 Å². The summed E-state index contributed by atoms with van der Waals surface area (Å²) in [4.78, 5) is 51.2. The number of benzene rings is 3. The summed E-state index contributed by atoms with van der Waals surface area (Å²) < 4.78 is 24.8. The lowest BCUT2D eigenvalue weighted by Gasteiger charge is -2.14. The van der Waals surface area contributed by atoms with Crippen LogP contribution in [0.3, 0.4) is 0 Å². The minimum absolute atomic E-state index is 0.0121. The fourth-order valence-corrected chi connectivity index (χ4v) is 4.78. The normalized spacial score (nSPS) is 13.7. The minimum Gasteiger partial charge on any atom is -0.493 e. The number of methoxy groups -OCH3 is 1. The van der Waals surface area contributed by atoms with Gasteiger partial charge in [-0.25, -0.2) is 14.1 Å². The molecule has 0 atom stereocenters. The Morgan fingerprint density at radius 1 is 1.05 bits per heavy atom. The quantitative estimate of drug-likeness (QED) is 0.165. The molecule has 12 heteroatoms. The van der Waals surface area contributed by atoms with Gasteiger partial charge in [0.2, 0.25) is 5.91 Å². The van der Waals surface area contributed by atoms with Crippen LogP contribution in [-0.4, -0.2) is 48.9 Å². The van der Waals surface area contributed by atoms with E-state index in [1.54, 1.807) is 24.3 Å². The van der Waals surface area contributed by atoms with Gasteiger partial charge in [0.25, 0.3) is 11.8 Å². The number of para-hydroxylation sites is 1. The number of aryl methyl sites for hydroxylation is 1. The molecule has 1 saturated heterocycles. The SMILES string of the molecule is CCc1ccccc1NC(=O)CN1C(=O)N/C(=C/c2cc(I)c(OCC(=O)Nc3ccc(F)cc3)c(OC)c2)C1=O. The van der Waals surface area contributed by atoms with Gasteiger partial charge in [-0.3, -0.25) is 14.4 Å². The molecule has 5 amide bonds. The Kier molecular flexibility index (Phi) is 9.55. The van der Waals surface area contributed by atoms with E-state index in [9.17, 15) is 23.6 Å². The molecule has 0 radical (unpaired) electrons. The van der Waals surface area contributed by atoms with Crippen molar-refractivity contribution in [1.29, 1.82) is 0 Å². The van der Waals surface area contributed by atoms with E-state index in [0.29, 0.717) is 38.4 Å². The average Bonchev–Trinajstić information content (AvgIpc) is 3.20. The van der Waals surface area contributed by atoms with E-state index in [1.807, 2.05) is 41.6 Å². The van der Waals surface area contributed by atoms with Crippen LogP contribution in [0.25, 0.3) is 6.08 Å². The molecule has 0 spiro atoms. The Bertz CT molecular complexity index is 1530. The largest absolute Gasteiger partial charge is 0.493 e. The van der Waals surface area contributed by atoms with Crippen LogP contribution in [0.15, 0.2) is 66.4 Å². The molecule has 4 rings (SSSR count). The van der Waals surface area contributed by atoms with Crippen LogP contribution in [0.2, 0.25) is 0 Å². The maximum atomic E-state index is 13.1. The number of hydrogen-bond acceptors (Lipinski definition) is 6. The minimum atomic E-state index is -0.714. The van der Waals surface area contributed by atoms with Crippen molar-refractivity contribution in [1.82, 2.24) is 10.2 Å². The van der Waals surface area contributed by atoms with Crippen molar-refractivity contribution in [2.45, 2.75) is 13.3 Å². The standard InChI is InChI=1S/C29H26FIN4O6/c1-3-18-6-4-5-7-22(18)33-25(36)15-35-28(38)23(34-29(35)39)13-17-12-21(31)27(24(14-17)40-2)41-16-26(37)32-20-10-8-19(30)9-11-20/h4-14H,3,15-16H2,1-2H3,(H,32,37)(H,33,36)(H,34,39)/b23-13+. The summed E-state index contributed by atoms with van der Waals surface area (Å²) in [5.74, 6) is -1.43. The van der Waals surface area contributed by atoms with Gasteiger partial charge in [-0.15, -0.1) is 0 Å². The van der Waals surface area contributed by atoms with Gasteiger partial charge in [0, 0.05) is 11.4 Å². The van der Waals surface area contributed by atoms with E-state index in [2.05, 4.69) is 16.0 Å². The molecule has 1 aliphatic rings. The molecule has 3 aromatic carbocycles. The first-order chi connectivity index (χ1) is 19.7. The third-order valence-corrected chi connectivity index (χ3v) is 6.78. The first-order valence-corrected chi connectivity index (χ1v) is 13.5. The van der Waals surface area contributed by atoms with Crippen molar-refractivity contribution in [3.63, 3.8) is 0 Å². The summed E-state index contributed by atoms with van der Waals surface area (Å²) in [5, 5.41) is 7.86. The van der Waals surface area contributed by atoms with E-state index >= 15 is 0 Å². The molecule has 0 aliphatic carbocycles.